The second-order valence-electron chi connectivity index (χ2n) is 9.48. The highest BCUT2D eigenvalue weighted by molar-refractivity contribution is 7.92. The molecule has 0 unspecified atom stereocenters. The van der Waals surface area contributed by atoms with Crippen LogP contribution in [0.4, 0.5) is 5.69 Å². The maximum atomic E-state index is 13.5. The van der Waals surface area contributed by atoms with Crippen LogP contribution in [0.5, 0.6) is 0 Å². The van der Waals surface area contributed by atoms with E-state index in [4.69, 9.17) is 0 Å². The first-order valence-corrected chi connectivity index (χ1v) is 14.5. The number of benzene rings is 2. The minimum Gasteiger partial charge on any atom is -0.352 e. The first-order chi connectivity index (χ1) is 17.0. The van der Waals surface area contributed by atoms with E-state index in [1.165, 1.54) is 10.6 Å². The maximum absolute atomic E-state index is 13.5. The van der Waals surface area contributed by atoms with E-state index in [1.54, 1.807) is 4.90 Å². The molecule has 0 fully saturated rings. The number of nitrogens with one attached hydrogen (secondary N) is 1. The zero-order chi connectivity index (χ0) is 26.9. The molecule has 8 heteroatoms. The summed E-state index contributed by atoms with van der Waals surface area (Å²) in [7, 11) is -3.53. The van der Waals surface area contributed by atoms with Gasteiger partial charge in [0.1, 0.15) is 6.04 Å². The number of hydrogen-bond acceptors (Lipinski definition) is 4. The summed E-state index contributed by atoms with van der Waals surface area (Å²) in [6.45, 7) is 10.1. The predicted octanol–water partition coefficient (Wildman–Crippen LogP) is 4.57. The van der Waals surface area contributed by atoms with Crippen LogP contribution in [0.2, 0.25) is 0 Å². The van der Waals surface area contributed by atoms with Crippen LogP contribution in [0, 0.1) is 13.8 Å². The van der Waals surface area contributed by atoms with Crippen molar-refractivity contribution in [2.45, 2.75) is 78.9 Å². The standard InChI is InChI=1S/C28H41N3O4S/c1-7-23(5)29-28(33)25(8-2)30(20-24-13-10-9-11-14-24)27(32)15-12-18-31(36(6,34)35)26-19-21(3)16-17-22(26)4/h9-11,13-14,16-17,19,23,25H,7-8,12,15,18,20H2,1-6H3,(H,29,33)/t23-,25+/m0/s1. The summed E-state index contributed by atoms with van der Waals surface area (Å²) in [5, 5.41) is 3.01. The second kappa shape index (κ2) is 13.4. The minimum absolute atomic E-state index is 0.0149. The number of aryl methyl sites for hydroxylation is 2. The van der Waals surface area contributed by atoms with Gasteiger partial charge in [-0.05, 0) is 62.8 Å². The molecule has 0 radical (unpaired) electrons. The number of anilines is 1. The quantitative estimate of drug-likeness (QED) is 0.423. The van der Waals surface area contributed by atoms with E-state index < -0.39 is 16.1 Å². The van der Waals surface area contributed by atoms with Crippen LogP contribution < -0.4 is 9.62 Å². The van der Waals surface area contributed by atoms with E-state index in [2.05, 4.69) is 5.32 Å². The van der Waals surface area contributed by atoms with E-state index >= 15 is 0 Å². The first-order valence-electron chi connectivity index (χ1n) is 12.7. The number of carbonyl (C=O) groups excluding carboxylic acids is 2. The second-order valence-corrected chi connectivity index (χ2v) is 11.4. The van der Waals surface area contributed by atoms with Gasteiger partial charge in [0.05, 0.1) is 11.9 Å². The highest BCUT2D eigenvalue weighted by Crippen LogP contribution is 2.25. The lowest BCUT2D eigenvalue weighted by atomic mass is 10.1. The number of carbonyl (C=O) groups is 2. The van der Waals surface area contributed by atoms with Crippen LogP contribution >= 0.6 is 0 Å². The molecule has 2 aromatic carbocycles. The van der Waals surface area contributed by atoms with Gasteiger partial charge in [-0.15, -0.1) is 0 Å². The molecule has 0 aromatic heterocycles. The highest BCUT2D eigenvalue weighted by atomic mass is 32.2. The van der Waals surface area contributed by atoms with Gasteiger partial charge in [0.25, 0.3) is 0 Å². The largest absolute Gasteiger partial charge is 0.352 e. The van der Waals surface area contributed by atoms with Gasteiger partial charge in [0, 0.05) is 25.6 Å². The van der Waals surface area contributed by atoms with E-state index in [0.717, 1.165) is 23.1 Å². The molecule has 2 aromatic rings. The van der Waals surface area contributed by atoms with Gasteiger partial charge in [0.2, 0.25) is 21.8 Å². The lowest BCUT2D eigenvalue weighted by molar-refractivity contribution is -0.141. The molecular formula is C28H41N3O4S. The van der Waals surface area contributed by atoms with Gasteiger partial charge in [-0.3, -0.25) is 13.9 Å². The zero-order valence-corrected chi connectivity index (χ0v) is 23.3. The fourth-order valence-corrected chi connectivity index (χ4v) is 5.13. The van der Waals surface area contributed by atoms with Gasteiger partial charge >= 0.3 is 0 Å². The van der Waals surface area contributed by atoms with E-state index in [1.807, 2.05) is 83.1 Å². The Kier molecular flexibility index (Phi) is 11.0. The third kappa shape index (κ3) is 8.36. The van der Waals surface area contributed by atoms with Crippen molar-refractivity contribution in [1.82, 2.24) is 10.2 Å². The van der Waals surface area contributed by atoms with Crippen molar-refractivity contribution in [3.63, 3.8) is 0 Å². The van der Waals surface area contributed by atoms with Crippen molar-refractivity contribution in [3.05, 3.63) is 65.2 Å². The third-order valence-corrected chi connectivity index (χ3v) is 7.55. The molecule has 2 atom stereocenters. The van der Waals surface area contributed by atoms with Crippen molar-refractivity contribution in [1.29, 1.82) is 0 Å². The summed E-state index contributed by atoms with van der Waals surface area (Å²) in [5.74, 6) is -0.330. The number of hydrogen-bond donors (Lipinski definition) is 1. The van der Waals surface area contributed by atoms with Crippen LogP contribution in [0.25, 0.3) is 0 Å². The Morgan fingerprint density at radius 1 is 1.00 bits per heavy atom. The zero-order valence-electron chi connectivity index (χ0n) is 22.5. The van der Waals surface area contributed by atoms with Crippen molar-refractivity contribution < 1.29 is 18.0 Å². The van der Waals surface area contributed by atoms with Crippen LogP contribution in [0.1, 0.15) is 63.1 Å². The molecule has 0 bridgehead atoms. The maximum Gasteiger partial charge on any atom is 0.243 e. The summed E-state index contributed by atoms with van der Waals surface area (Å²) in [4.78, 5) is 28.2. The molecule has 0 heterocycles. The highest BCUT2D eigenvalue weighted by Gasteiger charge is 2.29. The molecule has 1 N–H and O–H groups in total. The molecule has 2 amide bonds. The van der Waals surface area contributed by atoms with Gasteiger partial charge < -0.3 is 10.2 Å². The molecule has 198 valence electrons. The monoisotopic (exact) mass is 515 g/mol. The Morgan fingerprint density at radius 2 is 1.67 bits per heavy atom. The van der Waals surface area contributed by atoms with Crippen molar-refractivity contribution >= 4 is 27.5 Å². The van der Waals surface area contributed by atoms with Crippen LogP contribution in [-0.4, -0.2) is 50.0 Å². The predicted molar refractivity (Wildman–Crippen MR) is 146 cm³/mol. The van der Waals surface area contributed by atoms with Crippen molar-refractivity contribution in [2.75, 3.05) is 17.1 Å². The number of nitrogens with zero attached hydrogens (tertiary/aromatic N) is 2. The average molecular weight is 516 g/mol. The Bertz CT molecular complexity index is 1120. The summed E-state index contributed by atoms with van der Waals surface area (Å²) < 4.78 is 26.6. The SMILES string of the molecule is CC[C@H](C(=O)N[C@@H](C)CC)N(Cc1ccccc1)C(=O)CCCN(c1cc(C)ccc1C)S(C)(=O)=O. The van der Waals surface area contributed by atoms with Gasteiger partial charge in [-0.1, -0.05) is 56.3 Å². The van der Waals surface area contributed by atoms with Crippen LogP contribution in [0.3, 0.4) is 0 Å². The third-order valence-electron chi connectivity index (χ3n) is 6.37. The van der Waals surface area contributed by atoms with Gasteiger partial charge in [-0.2, -0.15) is 0 Å². The average Bonchev–Trinajstić information content (AvgIpc) is 2.83. The Labute approximate surface area is 216 Å². The van der Waals surface area contributed by atoms with E-state index in [9.17, 15) is 18.0 Å². The fraction of sp³-hybridized carbons (Fsp3) is 0.500. The lowest BCUT2D eigenvalue weighted by Crippen LogP contribution is -2.50. The summed E-state index contributed by atoms with van der Waals surface area (Å²) >= 11 is 0. The molecule has 0 saturated heterocycles. The van der Waals surface area contributed by atoms with Crippen LogP contribution in [0.15, 0.2) is 48.5 Å². The Balaban J connectivity index is 2.23. The van der Waals surface area contributed by atoms with E-state index in [-0.39, 0.29) is 30.8 Å². The minimum atomic E-state index is -3.53. The number of sulfonamides is 1. The Morgan fingerprint density at radius 3 is 2.25 bits per heavy atom. The molecule has 2 rings (SSSR count). The van der Waals surface area contributed by atoms with Crippen molar-refractivity contribution in [3.8, 4) is 0 Å². The van der Waals surface area contributed by atoms with Crippen molar-refractivity contribution in [2.24, 2.45) is 0 Å². The fourth-order valence-electron chi connectivity index (χ4n) is 4.11. The van der Waals surface area contributed by atoms with Gasteiger partial charge in [0.15, 0.2) is 0 Å². The molecule has 0 aliphatic heterocycles. The molecule has 0 saturated carbocycles. The Hall–Kier alpha value is -2.87. The van der Waals surface area contributed by atoms with Crippen LogP contribution in [-0.2, 0) is 26.2 Å². The van der Waals surface area contributed by atoms with Gasteiger partial charge in [-0.25, -0.2) is 8.42 Å². The normalized spacial score (nSPS) is 13.1. The number of rotatable bonds is 13. The molecule has 7 nitrogen and oxygen atoms in total. The molecule has 36 heavy (non-hydrogen) atoms. The topological polar surface area (TPSA) is 86.8 Å². The molecule has 0 spiro atoms. The smallest absolute Gasteiger partial charge is 0.243 e. The summed E-state index contributed by atoms with van der Waals surface area (Å²) in [6, 6.07) is 14.7. The molecular weight excluding hydrogens is 474 g/mol. The van der Waals surface area contributed by atoms with E-state index in [0.29, 0.717) is 25.1 Å². The number of amides is 2. The summed E-state index contributed by atoms with van der Waals surface area (Å²) in [5.41, 5.74) is 3.39. The first kappa shape index (κ1) is 29.4. The lowest BCUT2D eigenvalue weighted by Gasteiger charge is -2.32. The molecule has 0 aliphatic rings. The molecule has 0 aliphatic carbocycles. The summed E-state index contributed by atoms with van der Waals surface area (Å²) in [6.07, 6.45) is 2.95.